The highest BCUT2D eigenvalue weighted by atomic mass is 16.5. The normalized spacial score (nSPS) is 12.7. The average Bonchev–Trinajstić information content (AvgIpc) is 2.38. The highest BCUT2D eigenvalue weighted by Crippen LogP contribution is 2.20. The molecule has 0 saturated heterocycles. The zero-order valence-corrected chi connectivity index (χ0v) is 12.1. The molecule has 0 radical (unpaired) electrons. The second kappa shape index (κ2) is 8.11. The summed E-state index contributed by atoms with van der Waals surface area (Å²) >= 11 is 0. The van der Waals surface area contributed by atoms with Crippen molar-refractivity contribution >= 4 is 0 Å². The molecule has 1 rings (SSSR count). The van der Waals surface area contributed by atoms with Crippen LogP contribution in [0.4, 0.5) is 0 Å². The maximum atomic E-state index is 5.59. The van der Waals surface area contributed by atoms with E-state index in [9.17, 15) is 0 Å². The van der Waals surface area contributed by atoms with E-state index < -0.39 is 0 Å². The molecule has 0 spiro atoms. The Morgan fingerprint density at radius 1 is 1.22 bits per heavy atom. The summed E-state index contributed by atoms with van der Waals surface area (Å²) in [6.45, 7) is 3.99. The predicted molar refractivity (Wildman–Crippen MR) is 77.2 cm³/mol. The molecule has 0 aliphatic heterocycles. The second-order valence-electron chi connectivity index (χ2n) is 4.85. The van der Waals surface area contributed by atoms with Crippen molar-refractivity contribution in [2.24, 2.45) is 0 Å². The van der Waals surface area contributed by atoms with E-state index in [0.717, 1.165) is 31.7 Å². The molecular formula is C15H26N2O. The van der Waals surface area contributed by atoms with Crippen LogP contribution in [0.2, 0.25) is 0 Å². The van der Waals surface area contributed by atoms with Crippen LogP contribution in [0.5, 0.6) is 5.75 Å². The molecule has 0 amide bonds. The Kier molecular flexibility index (Phi) is 6.76. The van der Waals surface area contributed by atoms with Crippen LogP contribution in [0.25, 0.3) is 0 Å². The zero-order chi connectivity index (χ0) is 13.4. The molecule has 0 heterocycles. The number of rotatable bonds is 8. The number of ether oxygens (including phenoxy) is 1. The minimum atomic E-state index is 0.410. The third-order valence-corrected chi connectivity index (χ3v) is 2.97. The molecule has 1 aromatic rings. The summed E-state index contributed by atoms with van der Waals surface area (Å²) in [4.78, 5) is 2.21. The first-order chi connectivity index (χ1) is 8.67. The van der Waals surface area contributed by atoms with Gasteiger partial charge in [0.05, 0.1) is 6.61 Å². The fourth-order valence-electron chi connectivity index (χ4n) is 1.88. The van der Waals surface area contributed by atoms with E-state index in [1.807, 2.05) is 7.05 Å². The van der Waals surface area contributed by atoms with Gasteiger partial charge in [-0.05, 0) is 58.2 Å². The van der Waals surface area contributed by atoms with E-state index in [4.69, 9.17) is 4.74 Å². The topological polar surface area (TPSA) is 24.5 Å². The van der Waals surface area contributed by atoms with Gasteiger partial charge < -0.3 is 15.0 Å². The van der Waals surface area contributed by atoms with Crippen LogP contribution >= 0.6 is 0 Å². The third kappa shape index (κ3) is 5.07. The Labute approximate surface area is 111 Å². The number of hydrogen-bond acceptors (Lipinski definition) is 3. The fourth-order valence-corrected chi connectivity index (χ4v) is 1.88. The number of nitrogens with zero attached hydrogens (tertiary/aromatic N) is 1. The highest BCUT2D eigenvalue weighted by molar-refractivity contribution is 5.29. The Balaban J connectivity index is 2.57. The molecule has 1 unspecified atom stereocenters. The van der Waals surface area contributed by atoms with Crippen LogP contribution in [0.3, 0.4) is 0 Å². The molecule has 0 saturated carbocycles. The van der Waals surface area contributed by atoms with Crippen molar-refractivity contribution in [1.82, 2.24) is 10.2 Å². The molecule has 1 N–H and O–H groups in total. The lowest BCUT2D eigenvalue weighted by molar-refractivity contribution is 0.317. The Morgan fingerprint density at radius 2 is 1.89 bits per heavy atom. The van der Waals surface area contributed by atoms with Crippen molar-refractivity contribution in [3.8, 4) is 5.75 Å². The smallest absolute Gasteiger partial charge is 0.119 e. The van der Waals surface area contributed by atoms with Gasteiger partial charge in [0, 0.05) is 6.04 Å². The molecule has 102 valence electrons. The summed E-state index contributed by atoms with van der Waals surface area (Å²) in [6, 6.07) is 8.84. The van der Waals surface area contributed by atoms with Gasteiger partial charge in [0.15, 0.2) is 0 Å². The van der Waals surface area contributed by atoms with Crippen LogP contribution in [-0.2, 0) is 0 Å². The van der Waals surface area contributed by atoms with Gasteiger partial charge >= 0.3 is 0 Å². The Morgan fingerprint density at radius 3 is 2.39 bits per heavy atom. The summed E-state index contributed by atoms with van der Waals surface area (Å²) in [7, 11) is 6.23. The Bertz CT molecular complexity index is 322. The molecule has 0 aromatic heterocycles. The van der Waals surface area contributed by atoms with E-state index in [2.05, 4.69) is 55.5 Å². The second-order valence-corrected chi connectivity index (χ2v) is 4.85. The van der Waals surface area contributed by atoms with Crippen LogP contribution in [-0.4, -0.2) is 39.2 Å². The number of benzene rings is 1. The Hall–Kier alpha value is -1.06. The van der Waals surface area contributed by atoms with Gasteiger partial charge in [-0.15, -0.1) is 0 Å². The monoisotopic (exact) mass is 250 g/mol. The zero-order valence-electron chi connectivity index (χ0n) is 12.1. The van der Waals surface area contributed by atoms with Crippen LogP contribution < -0.4 is 10.1 Å². The largest absolute Gasteiger partial charge is 0.494 e. The van der Waals surface area contributed by atoms with E-state index in [0.29, 0.717) is 6.04 Å². The van der Waals surface area contributed by atoms with Crippen LogP contribution in [0, 0.1) is 0 Å². The summed E-state index contributed by atoms with van der Waals surface area (Å²) < 4.78 is 5.59. The molecule has 3 nitrogen and oxygen atoms in total. The average molecular weight is 250 g/mol. The van der Waals surface area contributed by atoms with E-state index in [1.54, 1.807) is 0 Å². The first-order valence-corrected chi connectivity index (χ1v) is 6.72. The molecule has 1 aromatic carbocycles. The lowest BCUT2D eigenvalue weighted by atomic mass is 10.0. The van der Waals surface area contributed by atoms with Gasteiger partial charge in [0.1, 0.15) is 5.75 Å². The van der Waals surface area contributed by atoms with E-state index in [-0.39, 0.29) is 0 Å². The molecule has 0 fully saturated rings. The van der Waals surface area contributed by atoms with Gasteiger partial charge in [0.25, 0.3) is 0 Å². The summed E-state index contributed by atoms with van der Waals surface area (Å²) in [5, 5.41) is 3.37. The summed E-state index contributed by atoms with van der Waals surface area (Å²) in [6.07, 6.45) is 2.16. The van der Waals surface area contributed by atoms with Gasteiger partial charge in [-0.2, -0.15) is 0 Å². The molecule has 0 bridgehead atoms. The van der Waals surface area contributed by atoms with Crippen molar-refractivity contribution in [1.29, 1.82) is 0 Å². The van der Waals surface area contributed by atoms with Crippen LogP contribution in [0.1, 0.15) is 31.4 Å². The first kappa shape index (κ1) is 15.0. The van der Waals surface area contributed by atoms with Crippen molar-refractivity contribution in [3.63, 3.8) is 0 Å². The highest BCUT2D eigenvalue weighted by Gasteiger charge is 2.09. The first-order valence-electron chi connectivity index (χ1n) is 6.72. The number of hydrogen-bond donors (Lipinski definition) is 1. The van der Waals surface area contributed by atoms with Crippen LogP contribution in [0.15, 0.2) is 24.3 Å². The maximum absolute atomic E-state index is 5.59. The van der Waals surface area contributed by atoms with Crippen molar-refractivity contribution in [3.05, 3.63) is 29.8 Å². The third-order valence-electron chi connectivity index (χ3n) is 2.97. The summed E-state index contributed by atoms with van der Waals surface area (Å²) in [5.41, 5.74) is 1.32. The minimum Gasteiger partial charge on any atom is -0.494 e. The van der Waals surface area contributed by atoms with Gasteiger partial charge in [0.2, 0.25) is 0 Å². The maximum Gasteiger partial charge on any atom is 0.119 e. The van der Waals surface area contributed by atoms with Crippen molar-refractivity contribution in [2.45, 2.75) is 25.8 Å². The molecular weight excluding hydrogens is 224 g/mol. The van der Waals surface area contributed by atoms with E-state index in [1.165, 1.54) is 5.56 Å². The molecule has 0 aliphatic carbocycles. The number of nitrogens with one attached hydrogen (secondary N) is 1. The lowest BCUT2D eigenvalue weighted by Gasteiger charge is -2.19. The molecule has 18 heavy (non-hydrogen) atoms. The molecule has 1 atom stereocenters. The van der Waals surface area contributed by atoms with Gasteiger partial charge in [-0.1, -0.05) is 19.1 Å². The fraction of sp³-hybridized carbons (Fsp3) is 0.600. The van der Waals surface area contributed by atoms with E-state index >= 15 is 0 Å². The van der Waals surface area contributed by atoms with Gasteiger partial charge in [-0.25, -0.2) is 0 Å². The predicted octanol–water partition coefficient (Wildman–Crippen LogP) is 2.69. The summed E-state index contributed by atoms with van der Waals surface area (Å²) in [5.74, 6) is 0.961. The van der Waals surface area contributed by atoms with Crippen molar-refractivity contribution in [2.75, 3.05) is 34.3 Å². The lowest BCUT2D eigenvalue weighted by Crippen LogP contribution is -2.22. The molecule has 3 heteroatoms. The molecule has 0 aliphatic rings. The van der Waals surface area contributed by atoms with Gasteiger partial charge in [-0.3, -0.25) is 0 Å². The SMILES string of the molecule is CCCOc1ccc(C(CCN(C)C)NC)cc1. The van der Waals surface area contributed by atoms with Crippen molar-refractivity contribution < 1.29 is 4.74 Å². The standard InChI is InChI=1S/C15H26N2O/c1-5-12-18-14-8-6-13(7-9-14)15(16-2)10-11-17(3)4/h6-9,15-16H,5,10-12H2,1-4H3. The quantitative estimate of drug-likeness (QED) is 0.767. The minimum absolute atomic E-state index is 0.410.